The predicted octanol–water partition coefficient (Wildman–Crippen LogP) is 2.79. The molecule has 112 valence electrons. The molecule has 1 aromatic rings. The van der Waals surface area contributed by atoms with E-state index in [4.69, 9.17) is 12.2 Å². The molecule has 0 bridgehead atoms. The maximum absolute atomic E-state index is 11.7. The first-order valence-corrected chi connectivity index (χ1v) is 7.50. The topological polar surface area (TPSA) is 53.5 Å². The van der Waals surface area contributed by atoms with Crippen LogP contribution >= 0.6 is 12.2 Å². The van der Waals surface area contributed by atoms with Crippen molar-refractivity contribution in [3.05, 3.63) is 35.9 Å². The second-order valence-electron chi connectivity index (χ2n) is 6.19. The largest absolute Gasteiger partial charge is 0.357 e. The van der Waals surface area contributed by atoms with Crippen LogP contribution in [0.3, 0.4) is 0 Å². The minimum Gasteiger partial charge on any atom is -0.357 e. The quantitative estimate of drug-likeness (QED) is 0.666. The molecule has 1 aliphatic carbocycles. The van der Waals surface area contributed by atoms with Crippen molar-refractivity contribution in [1.82, 2.24) is 10.7 Å². The Bertz CT molecular complexity index is 552. The third kappa shape index (κ3) is 5.27. The standard InChI is InChI=1S/C16H21N3OS/c1-16(2)9-13(8-14(20)10-16)18-19-15(21)17-11-12-6-4-3-5-7-12/h3-7H,8-11H2,1-2H3,(H2,17,19,21)/b18-13-. The number of hydrogen-bond donors (Lipinski definition) is 2. The van der Waals surface area contributed by atoms with E-state index in [2.05, 4.69) is 29.7 Å². The Balaban J connectivity index is 1.83. The average Bonchev–Trinajstić information content (AvgIpc) is 2.42. The van der Waals surface area contributed by atoms with Crippen LogP contribution in [0, 0.1) is 5.41 Å². The minimum atomic E-state index is -0.00503. The summed E-state index contributed by atoms with van der Waals surface area (Å²) in [5.74, 6) is 0.245. The van der Waals surface area contributed by atoms with E-state index in [1.54, 1.807) is 0 Å². The van der Waals surface area contributed by atoms with Gasteiger partial charge >= 0.3 is 0 Å². The molecule has 1 saturated carbocycles. The van der Waals surface area contributed by atoms with E-state index in [1.165, 1.54) is 0 Å². The molecule has 5 heteroatoms. The predicted molar refractivity (Wildman–Crippen MR) is 89.1 cm³/mol. The molecule has 0 heterocycles. The van der Waals surface area contributed by atoms with Crippen LogP contribution in [0.1, 0.15) is 38.7 Å². The van der Waals surface area contributed by atoms with E-state index in [0.29, 0.717) is 24.5 Å². The monoisotopic (exact) mass is 303 g/mol. The number of nitrogens with one attached hydrogen (secondary N) is 2. The fourth-order valence-electron chi connectivity index (χ4n) is 2.53. The van der Waals surface area contributed by atoms with Gasteiger partial charge in [-0.15, -0.1) is 0 Å². The highest BCUT2D eigenvalue weighted by atomic mass is 32.1. The number of Topliss-reactive ketones (excluding diaryl/α,β-unsaturated/α-hetero) is 1. The lowest BCUT2D eigenvalue weighted by molar-refractivity contribution is -0.120. The van der Waals surface area contributed by atoms with E-state index >= 15 is 0 Å². The number of rotatable bonds is 3. The van der Waals surface area contributed by atoms with E-state index in [0.717, 1.165) is 17.7 Å². The molecule has 0 spiro atoms. The molecule has 0 aliphatic heterocycles. The van der Waals surface area contributed by atoms with Crippen molar-refractivity contribution in [3.8, 4) is 0 Å². The summed E-state index contributed by atoms with van der Waals surface area (Å²) in [6.45, 7) is 4.83. The molecular formula is C16H21N3OS. The van der Waals surface area contributed by atoms with Crippen LogP contribution in [0.4, 0.5) is 0 Å². The maximum atomic E-state index is 11.7. The first kappa shape index (κ1) is 15.6. The number of ketones is 1. The smallest absolute Gasteiger partial charge is 0.187 e. The SMILES string of the molecule is CC1(C)CC(=O)C/C(=N/NC(=S)NCc2ccccc2)C1. The second kappa shape index (κ2) is 6.80. The summed E-state index contributed by atoms with van der Waals surface area (Å²) in [6, 6.07) is 10.0. The van der Waals surface area contributed by atoms with Gasteiger partial charge < -0.3 is 5.32 Å². The summed E-state index contributed by atoms with van der Waals surface area (Å²) in [7, 11) is 0. The highest BCUT2D eigenvalue weighted by Gasteiger charge is 2.30. The van der Waals surface area contributed by atoms with Gasteiger partial charge in [0.2, 0.25) is 0 Å². The van der Waals surface area contributed by atoms with Gasteiger partial charge in [0.05, 0.1) is 0 Å². The maximum Gasteiger partial charge on any atom is 0.187 e. The van der Waals surface area contributed by atoms with Gasteiger partial charge in [0.25, 0.3) is 0 Å². The summed E-state index contributed by atoms with van der Waals surface area (Å²) < 4.78 is 0. The lowest BCUT2D eigenvalue weighted by Gasteiger charge is -2.29. The van der Waals surface area contributed by atoms with Crippen LogP contribution in [0.5, 0.6) is 0 Å². The zero-order chi connectivity index (χ0) is 15.3. The van der Waals surface area contributed by atoms with Gasteiger partial charge in [0, 0.05) is 25.1 Å². The number of nitrogens with zero attached hydrogens (tertiary/aromatic N) is 1. The molecule has 0 aromatic heterocycles. The molecule has 0 atom stereocenters. The van der Waals surface area contributed by atoms with Gasteiger partial charge in [-0.3, -0.25) is 10.2 Å². The molecule has 0 amide bonds. The Morgan fingerprint density at radius 3 is 2.67 bits per heavy atom. The zero-order valence-corrected chi connectivity index (χ0v) is 13.3. The summed E-state index contributed by atoms with van der Waals surface area (Å²) >= 11 is 5.19. The Labute approximate surface area is 131 Å². The van der Waals surface area contributed by atoms with Crippen molar-refractivity contribution in [2.75, 3.05) is 0 Å². The molecule has 1 aromatic carbocycles. The Kier molecular flexibility index (Phi) is 5.07. The van der Waals surface area contributed by atoms with Crippen LogP contribution in [-0.4, -0.2) is 16.6 Å². The van der Waals surface area contributed by atoms with Gasteiger partial charge in [0.1, 0.15) is 5.78 Å². The first-order chi connectivity index (χ1) is 9.94. The number of benzene rings is 1. The molecule has 0 saturated heterocycles. The highest BCUT2D eigenvalue weighted by molar-refractivity contribution is 7.80. The molecule has 2 rings (SSSR count). The summed E-state index contributed by atoms with van der Waals surface area (Å²) in [5.41, 5.74) is 4.86. The van der Waals surface area contributed by atoms with Crippen molar-refractivity contribution >= 4 is 28.8 Å². The average molecular weight is 303 g/mol. The summed E-state index contributed by atoms with van der Waals surface area (Å²) in [6.07, 6.45) is 1.88. The number of thiocarbonyl (C=S) groups is 1. The molecule has 1 aliphatic rings. The molecule has 4 nitrogen and oxygen atoms in total. The fraction of sp³-hybridized carbons (Fsp3) is 0.438. The normalized spacial score (nSPS) is 19.3. The zero-order valence-electron chi connectivity index (χ0n) is 12.5. The second-order valence-corrected chi connectivity index (χ2v) is 6.60. The number of carbonyl (C=O) groups is 1. The lowest BCUT2D eigenvalue weighted by Crippen LogP contribution is -2.35. The first-order valence-electron chi connectivity index (χ1n) is 7.09. The summed E-state index contributed by atoms with van der Waals surface area (Å²) in [5, 5.41) is 7.86. The highest BCUT2D eigenvalue weighted by Crippen LogP contribution is 2.31. The Hall–Kier alpha value is -1.75. The number of hydrogen-bond acceptors (Lipinski definition) is 3. The number of hydrazone groups is 1. The third-order valence-corrected chi connectivity index (χ3v) is 3.61. The van der Waals surface area contributed by atoms with Gasteiger partial charge in [-0.1, -0.05) is 44.2 Å². The lowest BCUT2D eigenvalue weighted by atomic mass is 9.76. The molecular weight excluding hydrogens is 282 g/mol. The third-order valence-electron chi connectivity index (χ3n) is 3.37. The Morgan fingerprint density at radius 2 is 2.00 bits per heavy atom. The van der Waals surface area contributed by atoms with Crippen molar-refractivity contribution < 1.29 is 4.79 Å². The Morgan fingerprint density at radius 1 is 1.29 bits per heavy atom. The van der Waals surface area contributed by atoms with Crippen LogP contribution in [0.25, 0.3) is 0 Å². The molecule has 0 radical (unpaired) electrons. The number of carbonyl (C=O) groups excluding carboxylic acids is 1. The fourth-order valence-corrected chi connectivity index (χ4v) is 2.65. The minimum absolute atomic E-state index is 0.00503. The van der Waals surface area contributed by atoms with Crippen molar-refractivity contribution in [3.63, 3.8) is 0 Å². The van der Waals surface area contributed by atoms with Crippen molar-refractivity contribution in [2.24, 2.45) is 10.5 Å². The van der Waals surface area contributed by atoms with E-state index in [-0.39, 0.29) is 11.2 Å². The van der Waals surface area contributed by atoms with Crippen molar-refractivity contribution in [2.45, 2.75) is 39.7 Å². The molecule has 1 fully saturated rings. The molecule has 21 heavy (non-hydrogen) atoms. The van der Waals surface area contributed by atoms with E-state index in [1.807, 2.05) is 30.3 Å². The molecule has 0 unspecified atom stereocenters. The molecule has 2 N–H and O–H groups in total. The van der Waals surface area contributed by atoms with E-state index in [9.17, 15) is 4.79 Å². The van der Waals surface area contributed by atoms with Crippen LogP contribution in [0.2, 0.25) is 0 Å². The van der Waals surface area contributed by atoms with Crippen molar-refractivity contribution in [1.29, 1.82) is 0 Å². The van der Waals surface area contributed by atoms with E-state index < -0.39 is 0 Å². The van der Waals surface area contributed by atoms with Crippen LogP contribution in [-0.2, 0) is 11.3 Å². The van der Waals surface area contributed by atoms with Gasteiger partial charge in [-0.2, -0.15) is 5.10 Å². The van der Waals surface area contributed by atoms with Gasteiger partial charge in [-0.25, -0.2) is 0 Å². The van der Waals surface area contributed by atoms with Crippen LogP contribution < -0.4 is 10.7 Å². The summed E-state index contributed by atoms with van der Waals surface area (Å²) in [4.78, 5) is 11.7. The van der Waals surface area contributed by atoms with Gasteiger partial charge in [0.15, 0.2) is 5.11 Å². The van der Waals surface area contributed by atoms with Crippen LogP contribution in [0.15, 0.2) is 35.4 Å². The van der Waals surface area contributed by atoms with Gasteiger partial charge in [-0.05, 0) is 29.6 Å².